The average Bonchev–Trinajstić information content (AvgIpc) is 2.42. The standard InChI is InChI=1S/C15H8Cl2NO2/c16-9-4-5-13(10(17)8-9)20-14-6-7-18-11-2-1-3-12(19)15(11)14/h1-8H. The van der Waals surface area contributed by atoms with Gasteiger partial charge in [-0.15, -0.1) is 0 Å². The number of ether oxygens (including phenoxy) is 1. The zero-order valence-electron chi connectivity index (χ0n) is 10.1. The van der Waals surface area contributed by atoms with Crippen molar-refractivity contribution in [1.29, 1.82) is 0 Å². The van der Waals surface area contributed by atoms with Gasteiger partial charge < -0.3 is 4.74 Å². The van der Waals surface area contributed by atoms with E-state index in [0.717, 1.165) is 0 Å². The molecule has 1 radical (unpaired) electrons. The van der Waals surface area contributed by atoms with E-state index in [1.165, 1.54) is 6.07 Å². The Kier molecular flexibility index (Phi) is 3.38. The highest BCUT2D eigenvalue weighted by Gasteiger charge is 2.11. The van der Waals surface area contributed by atoms with E-state index in [1.54, 1.807) is 42.6 Å². The van der Waals surface area contributed by atoms with Crippen LogP contribution in [0.5, 0.6) is 17.2 Å². The van der Waals surface area contributed by atoms with Gasteiger partial charge in [0.05, 0.1) is 15.9 Å². The highest BCUT2D eigenvalue weighted by atomic mass is 35.5. The summed E-state index contributed by atoms with van der Waals surface area (Å²) in [6.07, 6.45) is 1.58. The molecule has 0 unspecified atom stereocenters. The van der Waals surface area contributed by atoms with Crippen LogP contribution in [-0.2, 0) is 5.11 Å². The van der Waals surface area contributed by atoms with Gasteiger partial charge in [-0.25, -0.2) is 0 Å². The van der Waals surface area contributed by atoms with Gasteiger partial charge in [0.15, 0.2) is 5.75 Å². The van der Waals surface area contributed by atoms with Crippen molar-refractivity contribution in [2.24, 2.45) is 0 Å². The number of hydrogen-bond donors (Lipinski definition) is 0. The van der Waals surface area contributed by atoms with Crippen LogP contribution in [-0.4, -0.2) is 4.98 Å². The summed E-state index contributed by atoms with van der Waals surface area (Å²) in [7, 11) is 0. The number of rotatable bonds is 2. The van der Waals surface area contributed by atoms with Gasteiger partial charge in [-0.2, -0.15) is 0 Å². The molecule has 0 aliphatic carbocycles. The fourth-order valence-corrected chi connectivity index (χ4v) is 2.35. The van der Waals surface area contributed by atoms with Crippen LogP contribution >= 0.6 is 23.2 Å². The molecule has 0 saturated heterocycles. The van der Waals surface area contributed by atoms with Crippen molar-refractivity contribution in [1.82, 2.24) is 4.98 Å². The Morgan fingerprint density at radius 2 is 1.85 bits per heavy atom. The minimum atomic E-state index is -0.143. The molecule has 1 heterocycles. The topological polar surface area (TPSA) is 42.0 Å². The van der Waals surface area contributed by atoms with Crippen LogP contribution in [0, 0.1) is 0 Å². The molecular formula is C15H8Cl2NO2. The second kappa shape index (κ2) is 5.19. The minimum absolute atomic E-state index is 0.143. The number of benzene rings is 2. The van der Waals surface area contributed by atoms with Crippen LogP contribution in [0.15, 0.2) is 48.7 Å². The number of fused-ring (bicyclic) bond motifs is 1. The molecule has 0 bridgehead atoms. The molecule has 0 amide bonds. The van der Waals surface area contributed by atoms with Gasteiger partial charge in [-0.3, -0.25) is 10.1 Å². The Morgan fingerprint density at radius 3 is 2.65 bits per heavy atom. The van der Waals surface area contributed by atoms with E-state index in [2.05, 4.69) is 4.98 Å². The Balaban J connectivity index is 2.11. The summed E-state index contributed by atoms with van der Waals surface area (Å²) >= 11 is 11.9. The number of pyridine rings is 1. The molecular weight excluding hydrogens is 297 g/mol. The fraction of sp³-hybridized carbons (Fsp3) is 0. The van der Waals surface area contributed by atoms with E-state index in [-0.39, 0.29) is 5.75 Å². The first-order chi connectivity index (χ1) is 9.65. The summed E-state index contributed by atoms with van der Waals surface area (Å²) in [5, 5.41) is 13.3. The third-order valence-corrected chi connectivity index (χ3v) is 3.33. The minimum Gasteiger partial charge on any atom is -0.455 e. The monoisotopic (exact) mass is 304 g/mol. The van der Waals surface area contributed by atoms with Crippen LogP contribution in [0.25, 0.3) is 10.9 Å². The maximum atomic E-state index is 12.0. The maximum Gasteiger partial charge on any atom is 0.191 e. The molecule has 0 aliphatic heterocycles. The quantitative estimate of drug-likeness (QED) is 0.629. The lowest BCUT2D eigenvalue weighted by Gasteiger charge is -2.10. The molecule has 0 fully saturated rings. The molecule has 3 rings (SSSR count). The second-order valence-electron chi connectivity index (χ2n) is 4.14. The van der Waals surface area contributed by atoms with Crippen molar-refractivity contribution in [3.8, 4) is 17.2 Å². The van der Waals surface area contributed by atoms with Gasteiger partial charge in [0.1, 0.15) is 11.5 Å². The molecule has 2 aromatic carbocycles. The third-order valence-electron chi connectivity index (χ3n) is 2.80. The van der Waals surface area contributed by atoms with Crippen molar-refractivity contribution in [2.45, 2.75) is 0 Å². The molecule has 3 aromatic rings. The van der Waals surface area contributed by atoms with E-state index >= 15 is 0 Å². The normalized spacial score (nSPS) is 10.7. The lowest BCUT2D eigenvalue weighted by Crippen LogP contribution is -1.88. The summed E-state index contributed by atoms with van der Waals surface area (Å²) in [6, 6.07) is 11.4. The van der Waals surface area contributed by atoms with Crippen molar-refractivity contribution < 1.29 is 9.84 Å². The molecule has 0 spiro atoms. The van der Waals surface area contributed by atoms with Crippen molar-refractivity contribution in [3.63, 3.8) is 0 Å². The molecule has 0 aliphatic rings. The number of halogens is 2. The SMILES string of the molecule is [O]c1cccc2nccc(Oc3ccc(Cl)cc3Cl)c12. The molecule has 20 heavy (non-hydrogen) atoms. The number of nitrogens with zero attached hydrogens (tertiary/aromatic N) is 1. The number of aromatic nitrogens is 1. The molecule has 0 atom stereocenters. The van der Waals surface area contributed by atoms with Gasteiger partial charge in [0.25, 0.3) is 0 Å². The Labute approximate surface area is 125 Å². The lowest BCUT2D eigenvalue weighted by atomic mass is 10.2. The van der Waals surface area contributed by atoms with E-state index in [1.807, 2.05) is 0 Å². The molecule has 5 heteroatoms. The van der Waals surface area contributed by atoms with Gasteiger partial charge in [0.2, 0.25) is 0 Å². The molecule has 0 saturated carbocycles. The van der Waals surface area contributed by atoms with Crippen LogP contribution in [0.1, 0.15) is 0 Å². The second-order valence-corrected chi connectivity index (χ2v) is 4.98. The predicted octanol–water partition coefficient (Wildman–Crippen LogP) is 5.48. The average molecular weight is 305 g/mol. The van der Waals surface area contributed by atoms with E-state index in [4.69, 9.17) is 27.9 Å². The zero-order valence-corrected chi connectivity index (χ0v) is 11.7. The van der Waals surface area contributed by atoms with Crippen LogP contribution in [0.4, 0.5) is 0 Å². The van der Waals surface area contributed by atoms with E-state index in [0.29, 0.717) is 32.4 Å². The highest BCUT2D eigenvalue weighted by molar-refractivity contribution is 6.35. The molecule has 3 nitrogen and oxygen atoms in total. The van der Waals surface area contributed by atoms with Crippen LogP contribution in [0.3, 0.4) is 0 Å². The first kappa shape index (κ1) is 13.0. The van der Waals surface area contributed by atoms with Crippen molar-refractivity contribution in [2.75, 3.05) is 0 Å². The largest absolute Gasteiger partial charge is 0.455 e. The van der Waals surface area contributed by atoms with Crippen molar-refractivity contribution in [3.05, 3.63) is 58.7 Å². The summed E-state index contributed by atoms with van der Waals surface area (Å²) < 4.78 is 5.73. The van der Waals surface area contributed by atoms with Gasteiger partial charge >= 0.3 is 0 Å². The highest BCUT2D eigenvalue weighted by Crippen LogP contribution is 2.37. The Hall–Kier alpha value is -1.97. The van der Waals surface area contributed by atoms with E-state index < -0.39 is 0 Å². The van der Waals surface area contributed by atoms with Gasteiger partial charge in [-0.05, 0) is 36.4 Å². The van der Waals surface area contributed by atoms with Crippen molar-refractivity contribution >= 4 is 34.1 Å². The van der Waals surface area contributed by atoms with E-state index in [9.17, 15) is 5.11 Å². The summed E-state index contributed by atoms with van der Waals surface area (Å²) in [5.74, 6) is 0.715. The Bertz CT molecular complexity index is 785. The first-order valence-corrected chi connectivity index (χ1v) is 6.58. The third kappa shape index (κ3) is 2.38. The molecule has 1 aromatic heterocycles. The summed E-state index contributed by atoms with van der Waals surface area (Å²) in [5.41, 5.74) is 0.583. The first-order valence-electron chi connectivity index (χ1n) is 5.83. The summed E-state index contributed by atoms with van der Waals surface area (Å²) in [4.78, 5) is 4.15. The summed E-state index contributed by atoms with van der Waals surface area (Å²) in [6.45, 7) is 0. The number of hydrogen-bond acceptors (Lipinski definition) is 2. The molecule has 0 N–H and O–H groups in total. The smallest absolute Gasteiger partial charge is 0.191 e. The van der Waals surface area contributed by atoms with Crippen LogP contribution in [0.2, 0.25) is 10.0 Å². The van der Waals surface area contributed by atoms with Gasteiger partial charge in [-0.1, -0.05) is 29.3 Å². The molecule has 99 valence electrons. The fourth-order valence-electron chi connectivity index (χ4n) is 1.90. The Morgan fingerprint density at radius 1 is 1.00 bits per heavy atom. The zero-order chi connectivity index (χ0) is 14.1. The predicted molar refractivity (Wildman–Crippen MR) is 78.4 cm³/mol. The van der Waals surface area contributed by atoms with Crippen LogP contribution < -0.4 is 4.74 Å². The lowest BCUT2D eigenvalue weighted by molar-refractivity contribution is 0.358. The maximum absolute atomic E-state index is 12.0. The van der Waals surface area contributed by atoms with Gasteiger partial charge in [0, 0.05) is 11.2 Å².